The molecule has 2 heterocycles. The average molecular weight is 509 g/mol. The number of thiophene rings is 1. The predicted molar refractivity (Wildman–Crippen MR) is 134 cm³/mol. The summed E-state index contributed by atoms with van der Waals surface area (Å²) in [6.45, 7) is 1.83. The Morgan fingerprint density at radius 2 is 1.44 bits per heavy atom. The highest BCUT2D eigenvalue weighted by atomic mass is 32.1. The van der Waals surface area contributed by atoms with E-state index in [9.17, 15) is 14.4 Å². The fraction of sp³-hybridized carbons (Fsp3) is 0.231. The molecular weight excluding hydrogens is 484 g/mol. The van der Waals surface area contributed by atoms with Gasteiger partial charge in [-0.2, -0.15) is 0 Å². The summed E-state index contributed by atoms with van der Waals surface area (Å²) in [5.41, 5.74) is 0.0261. The van der Waals surface area contributed by atoms with Gasteiger partial charge >= 0.3 is 11.9 Å². The van der Waals surface area contributed by atoms with Crippen LogP contribution in [0.3, 0.4) is 0 Å². The smallest absolute Gasteiger partial charge is 0.348 e. The monoisotopic (exact) mass is 508 g/mol. The molecule has 0 spiro atoms. The van der Waals surface area contributed by atoms with Crippen molar-refractivity contribution in [3.63, 3.8) is 0 Å². The molecule has 0 bridgehead atoms. The lowest BCUT2D eigenvalue weighted by Crippen LogP contribution is -2.26. The summed E-state index contributed by atoms with van der Waals surface area (Å²) in [5.74, 6) is 0.195. The van der Waals surface area contributed by atoms with Crippen LogP contribution < -0.4 is 15.0 Å². The van der Waals surface area contributed by atoms with Crippen LogP contribution in [-0.4, -0.2) is 47.9 Å². The molecule has 0 fully saturated rings. The first kappa shape index (κ1) is 24.9. The minimum atomic E-state index is -0.596. The Labute approximate surface area is 210 Å². The molecule has 0 aliphatic heterocycles. The fourth-order valence-corrected chi connectivity index (χ4v) is 4.39. The predicted octanol–water partition coefficient (Wildman–Crippen LogP) is 3.62. The first-order chi connectivity index (χ1) is 17.5. The third-order valence-electron chi connectivity index (χ3n) is 5.09. The van der Waals surface area contributed by atoms with Crippen molar-refractivity contribution in [1.82, 2.24) is 9.55 Å². The van der Waals surface area contributed by atoms with Crippen LogP contribution in [0.1, 0.15) is 15.2 Å². The van der Waals surface area contributed by atoms with Gasteiger partial charge in [0.2, 0.25) is 0 Å². The Hall–Kier alpha value is -4.18. The van der Waals surface area contributed by atoms with Gasteiger partial charge in [-0.05, 0) is 36.8 Å². The van der Waals surface area contributed by atoms with Crippen molar-refractivity contribution in [2.45, 2.75) is 13.5 Å². The van der Waals surface area contributed by atoms with E-state index in [-0.39, 0.29) is 43.2 Å². The van der Waals surface area contributed by atoms with Crippen LogP contribution in [-0.2, 0) is 20.8 Å². The van der Waals surface area contributed by atoms with E-state index in [0.29, 0.717) is 21.9 Å². The number of para-hydroxylation sites is 2. The van der Waals surface area contributed by atoms with Gasteiger partial charge in [0.05, 0.1) is 11.7 Å². The third kappa shape index (κ3) is 6.28. The number of benzene rings is 2. The highest BCUT2D eigenvalue weighted by molar-refractivity contribution is 7.20. The number of aromatic nitrogens is 2. The first-order valence-corrected chi connectivity index (χ1v) is 12.0. The minimum absolute atomic E-state index is 0.0413. The van der Waals surface area contributed by atoms with E-state index >= 15 is 0 Å². The number of fused-ring (bicyclic) bond motifs is 1. The van der Waals surface area contributed by atoms with Crippen molar-refractivity contribution >= 4 is 33.5 Å². The number of nitrogens with zero attached hydrogens (tertiary/aromatic N) is 2. The quantitative estimate of drug-likeness (QED) is 0.223. The summed E-state index contributed by atoms with van der Waals surface area (Å²) in [6, 6.07) is 18.4. The Kier molecular flexibility index (Phi) is 8.30. The Bertz CT molecular complexity index is 1380. The number of rotatable bonds is 11. The van der Waals surface area contributed by atoms with Gasteiger partial charge in [-0.3, -0.25) is 14.2 Å². The maximum atomic E-state index is 13.0. The van der Waals surface area contributed by atoms with Crippen molar-refractivity contribution in [1.29, 1.82) is 0 Å². The summed E-state index contributed by atoms with van der Waals surface area (Å²) in [7, 11) is 0. The number of ether oxygens (including phenoxy) is 4. The summed E-state index contributed by atoms with van der Waals surface area (Å²) in [4.78, 5) is 42.7. The van der Waals surface area contributed by atoms with Gasteiger partial charge < -0.3 is 18.9 Å². The van der Waals surface area contributed by atoms with Crippen LogP contribution in [0.4, 0.5) is 0 Å². The van der Waals surface area contributed by atoms with E-state index in [0.717, 1.165) is 15.9 Å². The lowest BCUT2D eigenvalue weighted by molar-refractivity contribution is -0.145. The average Bonchev–Trinajstić information content (AvgIpc) is 3.24. The van der Waals surface area contributed by atoms with Gasteiger partial charge in [0, 0.05) is 0 Å². The molecule has 36 heavy (non-hydrogen) atoms. The summed E-state index contributed by atoms with van der Waals surface area (Å²) < 4.78 is 22.6. The number of aryl methyl sites for hydroxylation is 1. The standard InChI is InChI=1S/C26H24N2O7S/c1-18-22-24(36-23(18)26(31)35-15-13-33-20-10-6-3-7-11-20)27-17-28(25(22)30)16-21(29)34-14-12-32-19-8-4-2-5-9-19/h2-11,17H,12-16H2,1H3. The number of hydrogen-bond acceptors (Lipinski definition) is 9. The zero-order valence-corrected chi connectivity index (χ0v) is 20.4. The second kappa shape index (κ2) is 12.0. The molecule has 0 unspecified atom stereocenters. The zero-order valence-electron chi connectivity index (χ0n) is 19.5. The number of carbonyl (C=O) groups excluding carboxylic acids is 2. The number of esters is 2. The highest BCUT2D eigenvalue weighted by Crippen LogP contribution is 2.27. The summed E-state index contributed by atoms with van der Waals surface area (Å²) in [5, 5.41) is 0.273. The van der Waals surface area contributed by atoms with Gasteiger partial charge in [0.25, 0.3) is 5.56 Å². The normalized spacial score (nSPS) is 10.7. The maximum Gasteiger partial charge on any atom is 0.348 e. The summed E-state index contributed by atoms with van der Waals surface area (Å²) in [6.07, 6.45) is 1.27. The second-order valence-electron chi connectivity index (χ2n) is 7.59. The lowest BCUT2D eigenvalue weighted by atomic mass is 10.2. The Balaban J connectivity index is 1.32. The minimum Gasteiger partial charge on any atom is -0.490 e. The molecule has 186 valence electrons. The molecule has 0 aliphatic rings. The molecule has 2 aromatic carbocycles. The molecule has 0 N–H and O–H groups in total. The molecule has 0 amide bonds. The van der Waals surface area contributed by atoms with E-state index in [2.05, 4.69) is 4.98 Å². The molecule has 4 rings (SSSR count). The van der Waals surface area contributed by atoms with E-state index in [1.54, 1.807) is 19.1 Å². The largest absolute Gasteiger partial charge is 0.490 e. The van der Waals surface area contributed by atoms with Crippen molar-refractivity contribution in [2.24, 2.45) is 0 Å². The van der Waals surface area contributed by atoms with Gasteiger partial charge in [-0.15, -0.1) is 11.3 Å². The van der Waals surface area contributed by atoms with E-state index in [1.165, 1.54) is 6.33 Å². The highest BCUT2D eigenvalue weighted by Gasteiger charge is 2.21. The fourth-order valence-electron chi connectivity index (χ4n) is 3.36. The molecule has 0 atom stereocenters. The van der Waals surface area contributed by atoms with E-state index in [4.69, 9.17) is 18.9 Å². The van der Waals surface area contributed by atoms with Crippen LogP contribution in [0, 0.1) is 6.92 Å². The van der Waals surface area contributed by atoms with Gasteiger partial charge in [0.15, 0.2) is 0 Å². The number of carbonyl (C=O) groups is 2. The van der Waals surface area contributed by atoms with Gasteiger partial charge in [-0.1, -0.05) is 36.4 Å². The zero-order chi connectivity index (χ0) is 25.3. The maximum absolute atomic E-state index is 13.0. The van der Waals surface area contributed by atoms with Crippen molar-refractivity contribution in [2.75, 3.05) is 26.4 Å². The third-order valence-corrected chi connectivity index (χ3v) is 6.27. The lowest BCUT2D eigenvalue weighted by Gasteiger charge is -2.08. The van der Waals surface area contributed by atoms with Gasteiger partial charge in [0.1, 0.15) is 54.2 Å². The van der Waals surface area contributed by atoms with Crippen LogP contribution in [0.25, 0.3) is 10.2 Å². The van der Waals surface area contributed by atoms with Crippen LogP contribution >= 0.6 is 11.3 Å². The number of hydrogen-bond donors (Lipinski definition) is 0. The first-order valence-electron chi connectivity index (χ1n) is 11.2. The Morgan fingerprint density at radius 1 is 0.861 bits per heavy atom. The molecule has 2 aromatic heterocycles. The van der Waals surface area contributed by atoms with Crippen molar-refractivity contribution in [3.05, 3.63) is 87.8 Å². The van der Waals surface area contributed by atoms with Crippen molar-refractivity contribution in [3.8, 4) is 11.5 Å². The molecule has 10 heteroatoms. The topological polar surface area (TPSA) is 106 Å². The Morgan fingerprint density at radius 3 is 2.06 bits per heavy atom. The van der Waals surface area contributed by atoms with Crippen molar-refractivity contribution < 1.29 is 28.5 Å². The molecular formula is C26H24N2O7S. The van der Waals surface area contributed by atoms with E-state index in [1.807, 2.05) is 48.5 Å². The van der Waals surface area contributed by atoms with Gasteiger partial charge in [-0.25, -0.2) is 9.78 Å². The molecule has 9 nitrogen and oxygen atoms in total. The summed E-state index contributed by atoms with van der Waals surface area (Å²) >= 11 is 1.07. The molecule has 4 aromatic rings. The molecule has 0 aliphatic carbocycles. The molecule has 0 radical (unpaired) electrons. The van der Waals surface area contributed by atoms with Crippen LogP contribution in [0.15, 0.2) is 71.8 Å². The second-order valence-corrected chi connectivity index (χ2v) is 8.59. The molecule has 0 saturated heterocycles. The van der Waals surface area contributed by atoms with Crippen LogP contribution in [0.5, 0.6) is 11.5 Å². The SMILES string of the molecule is Cc1c(C(=O)OCCOc2ccccc2)sc2ncn(CC(=O)OCCOc3ccccc3)c(=O)c12. The van der Waals surface area contributed by atoms with Crippen LogP contribution in [0.2, 0.25) is 0 Å². The molecule has 0 saturated carbocycles. The van der Waals surface area contributed by atoms with E-state index < -0.39 is 17.5 Å².